The van der Waals surface area contributed by atoms with Crippen molar-refractivity contribution >= 4 is 12.2 Å². The van der Waals surface area contributed by atoms with Crippen molar-refractivity contribution in [2.45, 2.75) is 0 Å². The number of nitrogens with zero attached hydrogens (tertiary/aromatic N) is 2. The zero-order chi connectivity index (χ0) is 11.7. The molecule has 0 saturated carbocycles. The van der Waals surface area contributed by atoms with Gasteiger partial charge >= 0.3 is 0 Å². The van der Waals surface area contributed by atoms with Crippen LogP contribution < -0.4 is 4.74 Å². The summed E-state index contributed by atoms with van der Waals surface area (Å²) in [5.41, 5.74) is 0.607. The summed E-state index contributed by atoms with van der Waals surface area (Å²) < 4.78 is 7.20. The quantitative estimate of drug-likeness (QED) is 0.782. The fraction of sp³-hybridized carbons (Fsp3) is 0.200. The molecule has 6 heteroatoms. The van der Waals surface area contributed by atoms with Gasteiger partial charge in [0.2, 0.25) is 0 Å². The molecule has 16 heavy (non-hydrogen) atoms. The van der Waals surface area contributed by atoms with Crippen molar-refractivity contribution < 1.29 is 9.84 Å². The molecular formula is C10H11N3O2S. The van der Waals surface area contributed by atoms with Crippen LogP contribution in [0.15, 0.2) is 18.2 Å². The third-order valence-electron chi connectivity index (χ3n) is 2.33. The van der Waals surface area contributed by atoms with E-state index in [1.807, 2.05) is 0 Å². The maximum atomic E-state index is 9.83. The lowest BCUT2D eigenvalue weighted by molar-refractivity contribution is 0.408. The van der Waals surface area contributed by atoms with E-state index in [-0.39, 0.29) is 5.75 Å². The molecule has 0 aliphatic heterocycles. The summed E-state index contributed by atoms with van der Waals surface area (Å²) >= 11 is 5.00. The van der Waals surface area contributed by atoms with Crippen molar-refractivity contribution in [3.8, 4) is 22.9 Å². The highest BCUT2D eigenvalue weighted by atomic mass is 32.1. The van der Waals surface area contributed by atoms with E-state index in [0.29, 0.717) is 21.9 Å². The minimum absolute atomic E-state index is 0.108. The molecule has 5 nitrogen and oxygen atoms in total. The van der Waals surface area contributed by atoms with Crippen LogP contribution in [-0.4, -0.2) is 27.0 Å². The second-order valence-electron chi connectivity index (χ2n) is 3.29. The first kappa shape index (κ1) is 10.7. The van der Waals surface area contributed by atoms with Crippen molar-refractivity contribution in [3.63, 3.8) is 0 Å². The van der Waals surface area contributed by atoms with E-state index < -0.39 is 0 Å². The van der Waals surface area contributed by atoms with Crippen molar-refractivity contribution in [2.75, 3.05) is 7.11 Å². The smallest absolute Gasteiger partial charge is 0.195 e. The van der Waals surface area contributed by atoms with Gasteiger partial charge in [0.15, 0.2) is 10.6 Å². The second-order valence-corrected chi connectivity index (χ2v) is 3.68. The lowest BCUT2D eigenvalue weighted by Gasteiger charge is -2.05. The standard InChI is InChI=1S/C10H11N3O2S/c1-13-9(11-12-10(13)16)7-4-3-6(15-2)5-8(7)14/h3-5,14H,1-2H3,(H,12,16). The molecule has 0 aliphatic carbocycles. The molecule has 84 valence electrons. The van der Waals surface area contributed by atoms with Crippen LogP contribution in [0.4, 0.5) is 0 Å². The van der Waals surface area contributed by atoms with E-state index in [9.17, 15) is 5.11 Å². The van der Waals surface area contributed by atoms with E-state index in [1.54, 1.807) is 30.9 Å². The molecule has 1 aromatic heterocycles. The highest BCUT2D eigenvalue weighted by Gasteiger charge is 2.11. The van der Waals surface area contributed by atoms with Crippen LogP contribution in [0.5, 0.6) is 11.5 Å². The molecule has 0 saturated heterocycles. The highest BCUT2D eigenvalue weighted by Crippen LogP contribution is 2.30. The van der Waals surface area contributed by atoms with Gasteiger partial charge in [0, 0.05) is 13.1 Å². The topological polar surface area (TPSA) is 63.1 Å². The largest absolute Gasteiger partial charge is 0.507 e. The molecule has 0 unspecified atom stereocenters. The van der Waals surface area contributed by atoms with Crippen molar-refractivity contribution in [1.82, 2.24) is 14.8 Å². The van der Waals surface area contributed by atoms with Crippen molar-refractivity contribution in [1.29, 1.82) is 0 Å². The number of aromatic amines is 1. The molecule has 0 bridgehead atoms. The Balaban J connectivity index is 2.57. The molecule has 0 amide bonds. The van der Waals surface area contributed by atoms with Gasteiger partial charge in [0.1, 0.15) is 11.5 Å². The second kappa shape index (κ2) is 3.97. The Morgan fingerprint density at radius 3 is 2.75 bits per heavy atom. The Bertz CT molecular complexity index is 574. The molecule has 0 fully saturated rings. The van der Waals surface area contributed by atoms with Gasteiger partial charge in [-0.1, -0.05) is 0 Å². The van der Waals surface area contributed by atoms with Crippen LogP contribution in [0.3, 0.4) is 0 Å². The van der Waals surface area contributed by atoms with Crippen LogP contribution in [-0.2, 0) is 7.05 Å². The number of H-pyrrole nitrogens is 1. The molecule has 0 aliphatic rings. The van der Waals surface area contributed by atoms with Gasteiger partial charge in [0.25, 0.3) is 0 Å². The van der Waals surface area contributed by atoms with Gasteiger partial charge in [-0.15, -0.1) is 0 Å². The first-order chi connectivity index (χ1) is 7.63. The number of nitrogens with one attached hydrogen (secondary N) is 1. The average Bonchev–Trinajstić information content (AvgIpc) is 2.60. The van der Waals surface area contributed by atoms with Gasteiger partial charge in [-0.05, 0) is 24.4 Å². The number of methoxy groups -OCH3 is 1. The minimum Gasteiger partial charge on any atom is -0.507 e. The molecular weight excluding hydrogens is 226 g/mol. The number of ether oxygens (including phenoxy) is 1. The van der Waals surface area contributed by atoms with Crippen LogP contribution in [0, 0.1) is 4.77 Å². The number of aromatic nitrogens is 3. The summed E-state index contributed by atoms with van der Waals surface area (Å²) in [5, 5.41) is 16.5. The van der Waals surface area contributed by atoms with Crippen LogP contribution in [0.1, 0.15) is 0 Å². The summed E-state index contributed by atoms with van der Waals surface area (Å²) in [6.07, 6.45) is 0. The Kier molecular flexibility index (Phi) is 2.66. The monoisotopic (exact) mass is 237 g/mol. The van der Waals surface area contributed by atoms with E-state index in [0.717, 1.165) is 0 Å². The predicted molar refractivity (Wildman–Crippen MR) is 62.0 cm³/mol. The van der Waals surface area contributed by atoms with E-state index in [2.05, 4.69) is 10.2 Å². The highest BCUT2D eigenvalue weighted by molar-refractivity contribution is 7.71. The van der Waals surface area contributed by atoms with E-state index >= 15 is 0 Å². The molecule has 2 aromatic rings. The molecule has 1 aromatic carbocycles. The number of phenolic OH excluding ortho intramolecular Hbond substituents is 1. The first-order valence-electron chi connectivity index (χ1n) is 4.62. The molecule has 1 heterocycles. The molecule has 0 radical (unpaired) electrons. The predicted octanol–water partition coefficient (Wildman–Crippen LogP) is 1.86. The minimum atomic E-state index is 0.108. The summed E-state index contributed by atoms with van der Waals surface area (Å²) in [5.74, 6) is 1.29. The van der Waals surface area contributed by atoms with Crippen molar-refractivity contribution in [3.05, 3.63) is 23.0 Å². The summed E-state index contributed by atoms with van der Waals surface area (Å²) in [6.45, 7) is 0. The Morgan fingerprint density at radius 1 is 1.50 bits per heavy atom. The maximum Gasteiger partial charge on any atom is 0.195 e. The van der Waals surface area contributed by atoms with E-state index in [1.165, 1.54) is 6.07 Å². The van der Waals surface area contributed by atoms with Gasteiger partial charge in [-0.3, -0.25) is 5.10 Å². The SMILES string of the molecule is COc1ccc(-c2n[nH]c(=S)n2C)c(O)c1. The normalized spacial score (nSPS) is 10.4. The number of aromatic hydroxyl groups is 1. The molecule has 0 spiro atoms. The zero-order valence-corrected chi connectivity index (χ0v) is 9.71. The Labute approximate surface area is 97.3 Å². The van der Waals surface area contributed by atoms with Gasteiger partial charge < -0.3 is 14.4 Å². The number of phenols is 1. The lowest BCUT2D eigenvalue weighted by Crippen LogP contribution is -1.93. The lowest BCUT2D eigenvalue weighted by atomic mass is 10.2. The van der Waals surface area contributed by atoms with Gasteiger partial charge in [-0.25, -0.2) is 0 Å². The number of rotatable bonds is 2. The fourth-order valence-electron chi connectivity index (χ4n) is 1.42. The van der Waals surface area contributed by atoms with Gasteiger partial charge in [-0.2, -0.15) is 5.10 Å². The number of benzene rings is 1. The number of hydrogen-bond acceptors (Lipinski definition) is 4. The van der Waals surface area contributed by atoms with Crippen LogP contribution in [0.25, 0.3) is 11.4 Å². The first-order valence-corrected chi connectivity index (χ1v) is 5.03. The molecule has 2 N–H and O–H groups in total. The van der Waals surface area contributed by atoms with E-state index in [4.69, 9.17) is 17.0 Å². The summed E-state index contributed by atoms with van der Waals surface area (Å²) in [4.78, 5) is 0. The third-order valence-corrected chi connectivity index (χ3v) is 2.69. The number of hydrogen-bond donors (Lipinski definition) is 2. The Morgan fingerprint density at radius 2 is 2.25 bits per heavy atom. The van der Waals surface area contributed by atoms with Crippen molar-refractivity contribution in [2.24, 2.45) is 7.05 Å². The average molecular weight is 237 g/mol. The zero-order valence-electron chi connectivity index (χ0n) is 8.89. The summed E-state index contributed by atoms with van der Waals surface area (Å²) in [7, 11) is 3.33. The maximum absolute atomic E-state index is 9.83. The third kappa shape index (κ3) is 1.67. The van der Waals surface area contributed by atoms with Crippen LogP contribution >= 0.6 is 12.2 Å². The molecule has 0 atom stereocenters. The van der Waals surface area contributed by atoms with Gasteiger partial charge in [0.05, 0.1) is 12.7 Å². The molecule has 2 rings (SSSR count). The van der Waals surface area contributed by atoms with Crippen LogP contribution in [0.2, 0.25) is 0 Å². The Hall–Kier alpha value is -1.82. The fourth-order valence-corrected chi connectivity index (χ4v) is 1.55. The summed E-state index contributed by atoms with van der Waals surface area (Å²) in [6, 6.07) is 5.03.